The molecule has 1 atom stereocenters. The molecule has 0 spiro atoms. The molecule has 0 fully saturated rings. The fourth-order valence-electron chi connectivity index (χ4n) is 1.78. The van der Waals surface area contributed by atoms with Gasteiger partial charge in [-0.15, -0.1) is 11.6 Å². The van der Waals surface area contributed by atoms with Gasteiger partial charge in [0.05, 0.1) is 6.42 Å². The zero-order valence-corrected chi connectivity index (χ0v) is 11.9. The molecule has 1 aromatic rings. The van der Waals surface area contributed by atoms with Gasteiger partial charge in [-0.2, -0.15) is 0 Å². The summed E-state index contributed by atoms with van der Waals surface area (Å²) in [6, 6.07) is 3.56. The van der Waals surface area contributed by atoms with Crippen LogP contribution in [0.4, 0.5) is 8.78 Å². The molecule has 0 saturated carbocycles. The standard InChI is InChI=1S/C14H18ClF2NO/c1-3-14(2,7-8-15)18-13(19)9-10-11(16)5-4-6-12(10)17/h4-6H,3,7-9H2,1-2H3,(H,18,19). The Labute approximate surface area is 117 Å². The third-order valence-corrected chi connectivity index (χ3v) is 3.46. The maximum atomic E-state index is 13.4. The molecule has 1 aromatic carbocycles. The molecule has 0 heterocycles. The number of rotatable bonds is 6. The highest BCUT2D eigenvalue weighted by molar-refractivity contribution is 6.17. The van der Waals surface area contributed by atoms with Gasteiger partial charge in [-0.1, -0.05) is 13.0 Å². The van der Waals surface area contributed by atoms with Crippen LogP contribution in [0, 0.1) is 11.6 Å². The molecule has 0 aliphatic heterocycles. The summed E-state index contributed by atoms with van der Waals surface area (Å²) in [7, 11) is 0. The maximum Gasteiger partial charge on any atom is 0.225 e. The monoisotopic (exact) mass is 289 g/mol. The Morgan fingerprint density at radius 1 is 1.37 bits per heavy atom. The maximum absolute atomic E-state index is 13.4. The number of hydrogen-bond donors (Lipinski definition) is 1. The number of alkyl halides is 1. The van der Waals surface area contributed by atoms with Crippen molar-refractivity contribution in [2.75, 3.05) is 5.88 Å². The van der Waals surface area contributed by atoms with Crippen molar-refractivity contribution in [2.45, 2.75) is 38.6 Å². The van der Waals surface area contributed by atoms with Crippen LogP contribution in [-0.2, 0) is 11.2 Å². The molecule has 0 aliphatic rings. The number of carbonyl (C=O) groups excluding carboxylic acids is 1. The Morgan fingerprint density at radius 3 is 2.42 bits per heavy atom. The Hall–Kier alpha value is -1.16. The van der Waals surface area contributed by atoms with Gasteiger partial charge in [-0.25, -0.2) is 8.78 Å². The molecule has 19 heavy (non-hydrogen) atoms. The average Bonchev–Trinajstić information content (AvgIpc) is 2.34. The van der Waals surface area contributed by atoms with Crippen LogP contribution in [0.5, 0.6) is 0 Å². The summed E-state index contributed by atoms with van der Waals surface area (Å²) in [4.78, 5) is 11.9. The summed E-state index contributed by atoms with van der Waals surface area (Å²) in [5.74, 6) is -1.39. The normalized spacial score (nSPS) is 13.9. The van der Waals surface area contributed by atoms with Crippen molar-refractivity contribution in [3.63, 3.8) is 0 Å². The van der Waals surface area contributed by atoms with Crippen LogP contribution in [0.3, 0.4) is 0 Å². The van der Waals surface area contributed by atoms with Crippen LogP contribution in [0.15, 0.2) is 18.2 Å². The van der Waals surface area contributed by atoms with Crippen LogP contribution in [0.2, 0.25) is 0 Å². The highest BCUT2D eigenvalue weighted by Crippen LogP contribution is 2.17. The van der Waals surface area contributed by atoms with E-state index < -0.39 is 23.1 Å². The van der Waals surface area contributed by atoms with E-state index in [0.717, 1.165) is 12.1 Å². The van der Waals surface area contributed by atoms with Gasteiger partial charge in [-0.3, -0.25) is 4.79 Å². The summed E-state index contributed by atoms with van der Waals surface area (Å²) in [5, 5.41) is 2.79. The fraction of sp³-hybridized carbons (Fsp3) is 0.500. The quantitative estimate of drug-likeness (QED) is 0.799. The predicted molar refractivity (Wildman–Crippen MR) is 72.2 cm³/mol. The second-order valence-electron chi connectivity index (χ2n) is 4.78. The van der Waals surface area contributed by atoms with Crippen LogP contribution >= 0.6 is 11.6 Å². The summed E-state index contributed by atoms with van der Waals surface area (Å²) < 4.78 is 26.9. The van der Waals surface area contributed by atoms with E-state index in [-0.39, 0.29) is 12.0 Å². The molecule has 1 amide bonds. The van der Waals surface area contributed by atoms with E-state index in [2.05, 4.69) is 5.32 Å². The van der Waals surface area contributed by atoms with Gasteiger partial charge >= 0.3 is 0 Å². The van der Waals surface area contributed by atoms with Crippen molar-refractivity contribution in [1.29, 1.82) is 0 Å². The SMILES string of the molecule is CCC(C)(CCCl)NC(=O)Cc1c(F)cccc1F. The van der Waals surface area contributed by atoms with Gasteiger partial charge in [0.25, 0.3) is 0 Å². The second-order valence-corrected chi connectivity index (χ2v) is 5.16. The molecule has 1 N–H and O–H groups in total. The van der Waals surface area contributed by atoms with E-state index >= 15 is 0 Å². The Morgan fingerprint density at radius 2 is 1.95 bits per heavy atom. The van der Waals surface area contributed by atoms with Crippen LogP contribution in [-0.4, -0.2) is 17.3 Å². The third-order valence-electron chi connectivity index (χ3n) is 3.27. The van der Waals surface area contributed by atoms with Gasteiger partial charge in [-0.05, 0) is 31.9 Å². The van der Waals surface area contributed by atoms with E-state index in [1.165, 1.54) is 6.07 Å². The summed E-state index contributed by atoms with van der Waals surface area (Å²) in [6.07, 6.45) is 0.998. The van der Waals surface area contributed by atoms with E-state index in [4.69, 9.17) is 11.6 Å². The topological polar surface area (TPSA) is 29.1 Å². The molecule has 0 saturated heterocycles. The van der Waals surface area contributed by atoms with Gasteiger partial charge in [0.2, 0.25) is 5.91 Å². The van der Waals surface area contributed by atoms with Crippen molar-refractivity contribution < 1.29 is 13.6 Å². The van der Waals surface area contributed by atoms with E-state index in [1.54, 1.807) is 0 Å². The van der Waals surface area contributed by atoms with Crippen molar-refractivity contribution in [3.8, 4) is 0 Å². The van der Waals surface area contributed by atoms with Gasteiger partial charge < -0.3 is 5.32 Å². The Kier molecular flexibility index (Phi) is 5.73. The molecule has 0 aromatic heterocycles. The lowest BCUT2D eigenvalue weighted by Gasteiger charge is -2.29. The number of halogens is 3. The third kappa shape index (κ3) is 4.46. The first-order valence-electron chi connectivity index (χ1n) is 6.21. The summed E-state index contributed by atoms with van der Waals surface area (Å²) >= 11 is 5.69. The predicted octanol–water partition coefficient (Wildman–Crippen LogP) is 3.42. The molecule has 0 aliphatic carbocycles. The van der Waals surface area contributed by atoms with Crippen LogP contribution < -0.4 is 5.32 Å². The molecule has 2 nitrogen and oxygen atoms in total. The minimum Gasteiger partial charge on any atom is -0.351 e. The number of nitrogens with one attached hydrogen (secondary N) is 1. The molecule has 1 rings (SSSR count). The van der Waals surface area contributed by atoms with Crippen LogP contribution in [0.1, 0.15) is 32.3 Å². The lowest BCUT2D eigenvalue weighted by molar-refractivity contribution is -0.122. The van der Waals surface area contributed by atoms with Crippen molar-refractivity contribution in [2.24, 2.45) is 0 Å². The van der Waals surface area contributed by atoms with Crippen LogP contribution in [0.25, 0.3) is 0 Å². The lowest BCUT2D eigenvalue weighted by Crippen LogP contribution is -2.46. The molecule has 0 bridgehead atoms. The number of hydrogen-bond acceptors (Lipinski definition) is 1. The van der Waals surface area contributed by atoms with Crippen molar-refractivity contribution in [1.82, 2.24) is 5.32 Å². The highest BCUT2D eigenvalue weighted by Gasteiger charge is 2.24. The van der Waals surface area contributed by atoms with E-state index in [1.807, 2.05) is 13.8 Å². The molecule has 106 valence electrons. The molecule has 0 radical (unpaired) electrons. The minimum absolute atomic E-state index is 0.204. The first-order valence-corrected chi connectivity index (χ1v) is 6.75. The second kappa shape index (κ2) is 6.85. The lowest BCUT2D eigenvalue weighted by atomic mass is 9.95. The smallest absolute Gasteiger partial charge is 0.225 e. The minimum atomic E-state index is -0.703. The van der Waals surface area contributed by atoms with Gasteiger partial charge in [0, 0.05) is 17.0 Å². The zero-order valence-electron chi connectivity index (χ0n) is 11.1. The molecular formula is C14H18ClF2NO. The number of benzene rings is 1. The summed E-state index contributed by atoms with van der Waals surface area (Å²) in [5.41, 5.74) is -0.648. The highest BCUT2D eigenvalue weighted by atomic mass is 35.5. The zero-order chi connectivity index (χ0) is 14.5. The Balaban J connectivity index is 2.75. The van der Waals surface area contributed by atoms with Crippen molar-refractivity contribution in [3.05, 3.63) is 35.4 Å². The van der Waals surface area contributed by atoms with E-state index in [9.17, 15) is 13.6 Å². The van der Waals surface area contributed by atoms with Gasteiger partial charge in [0.15, 0.2) is 0 Å². The molecular weight excluding hydrogens is 272 g/mol. The molecule has 5 heteroatoms. The molecule has 1 unspecified atom stereocenters. The fourth-order valence-corrected chi connectivity index (χ4v) is 2.20. The van der Waals surface area contributed by atoms with E-state index in [0.29, 0.717) is 18.7 Å². The average molecular weight is 290 g/mol. The Bertz CT molecular complexity index is 433. The number of amides is 1. The summed E-state index contributed by atoms with van der Waals surface area (Å²) in [6.45, 7) is 3.79. The first-order chi connectivity index (χ1) is 8.91. The number of carbonyl (C=O) groups is 1. The van der Waals surface area contributed by atoms with Crippen molar-refractivity contribution >= 4 is 17.5 Å². The first kappa shape index (κ1) is 15.9. The van der Waals surface area contributed by atoms with Gasteiger partial charge in [0.1, 0.15) is 11.6 Å². The largest absolute Gasteiger partial charge is 0.351 e.